The highest BCUT2D eigenvalue weighted by Gasteiger charge is 2.34. The Bertz CT molecular complexity index is 1740. The van der Waals surface area contributed by atoms with E-state index in [0.717, 1.165) is 15.4 Å². The van der Waals surface area contributed by atoms with Gasteiger partial charge in [0.05, 0.1) is 20.6 Å². The second-order valence-electron chi connectivity index (χ2n) is 10.6. The van der Waals surface area contributed by atoms with Gasteiger partial charge in [0.25, 0.3) is 10.0 Å². The lowest BCUT2D eigenvalue weighted by Gasteiger charge is -2.34. The molecule has 0 spiro atoms. The van der Waals surface area contributed by atoms with Crippen molar-refractivity contribution >= 4 is 62.3 Å². The molecule has 0 heterocycles. The van der Waals surface area contributed by atoms with Crippen LogP contribution >= 0.6 is 34.8 Å². The van der Waals surface area contributed by atoms with Crippen molar-refractivity contribution in [2.24, 2.45) is 0 Å². The van der Waals surface area contributed by atoms with E-state index in [2.05, 4.69) is 5.32 Å². The fraction of sp³-hybridized carbons (Fsp3) is 0.235. The van der Waals surface area contributed by atoms with Gasteiger partial charge >= 0.3 is 0 Å². The first kappa shape index (κ1) is 34.3. The zero-order valence-electron chi connectivity index (χ0n) is 24.9. The number of hydrogen-bond donors (Lipinski definition) is 1. The van der Waals surface area contributed by atoms with Gasteiger partial charge in [-0.1, -0.05) is 102 Å². The lowest BCUT2D eigenvalue weighted by molar-refractivity contribution is -0.140. The van der Waals surface area contributed by atoms with Crippen LogP contribution in [0.4, 0.5) is 5.69 Å². The summed E-state index contributed by atoms with van der Waals surface area (Å²) in [5.74, 6) is -0.942. The molecule has 0 saturated carbocycles. The molecule has 4 rings (SSSR count). The maximum Gasteiger partial charge on any atom is 0.264 e. The number of sulfonamides is 1. The molecule has 0 radical (unpaired) electrons. The summed E-state index contributed by atoms with van der Waals surface area (Å²) in [6.45, 7) is 3.60. The van der Waals surface area contributed by atoms with Crippen LogP contribution in [0.25, 0.3) is 0 Å². The van der Waals surface area contributed by atoms with Gasteiger partial charge in [0.2, 0.25) is 11.8 Å². The van der Waals surface area contributed by atoms with E-state index >= 15 is 0 Å². The van der Waals surface area contributed by atoms with E-state index in [0.29, 0.717) is 23.6 Å². The molecule has 0 unspecified atom stereocenters. The Morgan fingerprint density at radius 1 is 0.822 bits per heavy atom. The molecule has 0 aliphatic heterocycles. The summed E-state index contributed by atoms with van der Waals surface area (Å²) in [4.78, 5) is 29.6. The number of carbonyl (C=O) groups excluding carboxylic acids is 2. The Balaban J connectivity index is 1.81. The first-order chi connectivity index (χ1) is 21.5. The molecule has 0 saturated heterocycles. The van der Waals surface area contributed by atoms with Gasteiger partial charge < -0.3 is 10.2 Å². The smallest absolute Gasteiger partial charge is 0.264 e. The standard InChI is InChI=1S/C34H34Cl3N3O4S/c1-3-18-38-34(42)32(20-25-8-5-4-6-9-25)39(22-26-10-7-11-27(35)19-26)33(41)23-40(28-14-17-30(36)31(37)21-28)45(43,44)29-15-12-24(2)13-16-29/h4-17,19,21,32H,3,18,20,22-23H2,1-2H3,(H,38,42)/t32-/m1/s1. The van der Waals surface area contributed by atoms with E-state index in [9.17, 15) is 18.0 Å². The molecule has 45 heavy (non-hydrogen) atoms. The van der Waals surface area contributed by atoms with E-state index in [1.807, 2.05) is 44.2 Å². The van der Waals surface area contributed by atoms with Gasteiger partial charge in [0.1, 0.15) is 12.6 Å². The van der Waals surface area contributed by atoms with Gasteiger partial charge in [-0.2, -0.15) is 0 Å². The highest BCUT2D eigenvalue weighted by Crippen LogP contribution is 2.31. The van der Waals surface area contributed by atoms with Crippen molar-refractivity contribution in [1.29, 1.82) is 0 Å². The maximum absolute atomic E-state index is 14.5. The average Bonchev–Trinajstić information content (AvgIpc) is 3.02. The third-order valence-electron chi connectivity index (χ3n) is 7.14. The Morgan fingerprint density at radius 2 is 1.51 bits per heavy atom. The third-order valence-corrected chi connectivity index (χ3v) is 9.90. The molecule has 1 atom stereocenters. The van der Waals surface area contributed by atoms with Crippen LogP contribution in [-0.4, -0.2) is 44.3 Å². The molecule has 236 valence electrons. The second kappa shape index (κ2) is 15.6. The van der Waals surface area contributed by atoms with Crippen molar-refractivity contribution in [3.8, 4) is 0 Å². The number of benzene rings is 4. The Kier molecular flexibility index (Phi) is 11.9. The van der Waals surface area contributed by atoms with Crippen molar-refractivity contribution in [1.82, 2.24) is 10.2 Å². The Morgan fingerprint density at radius 3 is 2.16 bits per heavy atom. The first-order valence-corrected chi connectivity index (χ1v) is 17.0. The fourth-order valence-corrected chi connectivity index (χ4v) is 6.67. The van der Waals surface area contributed by atoms with Crippen molar-refractivity contribution in [2.75, 3.05) is 17.4 Å². The van der Waals surface area contributed by atoms with Gasteiger partial charge in [-0.05, 0) is 66.9 Å². The molecule has 0 aliphatic rings. The van der Waals surface area contributed by atoms with Gasteiger partial charge in [0.15, 0.2) is 0 Å². The molecule has 2 amide bonds. The van der Waals surface area contributed by atoms with Crippen LogP contribution in [0, 0.1) is 6.92 Å². The highest BCUT2D eigenvalue weighted by molar-refractivity contribution is 7.92. The van der Waals surface area contributed by atoms with Crippen LogP contribution in [0.15, 0.2) is 102 Å². The zero-order valence-corrected chi connectivity index (χ0v) is 28.0. The fourth-order valence-electron chi connectivity index (χ4n) is 4.76. The minimum atomic E-state index is -4.27. The zero-order chi connectivity index (χ0) is 32.6. The summed E-state index contributed by atoms with van der Waals surface area (Å²) >= 11 is 18.8. The normalized spacial score (nSPS) is 11.9. The molecule has 1 N–H and O–H groups in total. The maximum atomic E-state index is 14.5. The molecule has 0 bridgehead atoms. The van der Waals surface area contributed by atoms with E-state index < -0.39 is 28.5 Å². The highest BCUT2D eigenvalue weighted by atomic mass is 35.5. The molecule has 0 aromatic heterocycles. The molecular weight excluding hydrogens is 653 g/mol. The van der Waals surface area contributed by atoms with Crippen LogP contribution in [0.2, 0.25) is 15.1 Å². The molecule has 0 fully saturated rings. The van der Waals surface area contributed by atoms with Gasteiger partial charge in [-0.3, -0.25) is 13.9 Å². The lowest BCUT2D eigenvalue weighted by Crippen LogP contribution is -2.53. The van der Waals surface area contributed by atoms with E-state index in [4.69, 9.17) is 34.8 Å². The number of nitrogens with one attached hydrogen (secondary N) is 1. The Hall–Kier alpha value is -3.56. The van der Waals surface area contributed by atoms with Crippen LogP contribution in [0.5, 0.6) is 0 Å². The summed E-state index contributed by atoms with van der Waals surface area (Å²) in [6, 6.07) is 26.1. The number of anilines is 1. The van der Waals surface area contributed by atoms with Crippen molar-refractivity contribution < 1.29 is 18.0 Å². The van der Waals surface area contributed by atoms with Crippen molar-refractivity contribution in [2.45, 2.75) is 44.2 Å². The van der Waals surface area contributed by atoms with Gasteiger partial charge in [-0.15, -0.1) is 0 Å². The van der Waals surface area contributed by atoms with Crippen LogP contribution in [0.1, 0.15) is 30.0 Å². The molecule has 4 aromatic carbocycles. The number of carbonyl (C=O) groups is 2. The topological polar surface area (TPSA) is 86.8 Å². The van der Waals surface area contributed by atoms with Crippen LogP contribution < -0.4 is 9.62 Å². The summed E-state index contributed by atoms with van der Waals surface area (Å²) < 4.78 is 29.2. The monoisotopic (exact) mass is 685 g/mol. The number of halogens is 3. The summed E-state index contributed by atoms with van der Waals surface area (Å²) in [5.41, 5.74) is 2.54. The minimum absolute atomic E-state index is 0.00473. The van der Waals surface area contributed by atoms with Crippen molar-refractivity contribution in [3.05, 3.63) is 129 Å². The third kappa shape index (κ3) is 9.01. The average molecular weight is 687 g/mol. The number of amides is 2. The van der Waals surface area contributed by atoms with Crippen molar-refractivity contribution in [3.63, 3.8) is 0 Å². The molecule has 11 heteroatoms. The van der Waals surface area contributed by atoms with E-state index in [1.54, 1.807) is 36.4 Å². The summed E-state index contributed by atoms with van der Waals surface area (Å²) in [6.07, 6.45) is 0.909. The van der Waals surface area contributed by atoms with Gasteiger partial charge in [-0.25, -0.2) is 8.42 Å². The van der Waals surface area contributed by atoms with E-state index in [1.165, 1.54) is 35.2 Å². The van der Waals surface area contributed by atoms with Crippen LogP contribution in [0.3, 0.4) is 0 Å². The summed E-state index contributed by atoms with van der Waals surface area (Å²) in [5, 5.41) is 3.75. The second-order valence-corrected chi connectivity index (χ2v) is 13.7. The SMILES string of the molecule is CCCNC(=O)[C@@H](Cc1ccccc1)N(Cc1cccc(Cl)c1)C(=O)CN(c1ccc(Cl)c(Cl)c1)S(=O)(=O)c1ccc(C)cc1. The molecule has 4 aromatic rings. The minimum Gasteiger partial charge on any atom is -0.354 e. The predicted molar refractivity (Wildman–Crippen MR) is 181 cm³/mol. The van der Waals surface area contributed by atoms with Crippen LogP contribution in [-0.2, 0) is 32.6 Å². The quantitative estimate of drug-likeness (QED) is 0.160. The number of aryl methyl sites for hydroxylation is 1. The molecular formula is C34H34Cl3N3O4S. The Labute approximate surface area is 279 Å². The number of hydrogen-bond acceptors (Lipinski definition) is 4. The molecule has 7 nitrogen and oxygen atoms in total. The number of rotatable bonds is 13. The summed E-state index contributed by atoms with van der Waals surface area (Å²) in [7, 11) is -4.27. The first-order valence-electron chi connectivity index (χ1n) is 14.4. The number of nitrogens with zero attached hydrogens (tertiary/aromatic N) is 2. The van der Waals surface area contributed by atoms with E-state index in [-0.39, 0.29) is 39.5 Å². The predicted octanol–water partition coefficient (Wildman–Crippen LogP) is 7.32. The largest absolute Gasteiger partial charge is 0.354 e. The lowest BCUT2D eigenvalue weighted by atomic mass is 10.0. The van der Waals surface area contributed by atoms with Gasteiger partial charge in [0, 0.05) is 24.5 Å². The molecule has 0 aliphatic carbocycles.